The number of carbonyl (C=O) groups is 1. The summed E-state index contributed by atoms with van der Waals surface area (Å²) in [4.78, 5) is 18.1. The van der Waals surface area contributed by atoms with E-state index in [9.17, 15) is 4.79 Å². The summed E-state index contributed by atoms with van der Waals surface area (Å²) in [5, 5.41) is 0. The summed E-state index contributed by atoms with van der Waals surface area (Å²) in [5.74, 6) is 0.321. The highest BCUT2D eigenvalue weighted by Gasteiger charge is 2.24. The molecule has 1 aliphatic heterocycles. The third-order valence-corrected chi connectivity index (χ3v) is 2.91. The van der Waals surface area contributed by atoms with Gasteiger partial charge in [-0.1, -0.05) is 13.8 Å². The Labute approximate surface area is 89.9 Å². The van der Waals surface area contributed by atoms with Crippen molar-refractivity contribution in [1.29, 1.82) is 0 Å². The lowest BCUT2D eigenvalue weighted by molar-refractivity contribution is -0.135. The highest BCUT2D eigenvalue weighted by molar-refractivity contribution is 5.78. The van der Waals surface area contributed by atoms with Gasteiger partial charge in [-0.05, 0) is 0 Å². The summed E-state index contributed by atoms with van der Waals surface area (Å²) in [7, 11) is 1.98. The molecule has 0 bridgehead atoms. The van der Waals surface area contributed by atoms with Gasteiger partial charge in [0.25, 0.3) is 0 Å². The minimum atomic E-state index is 0.0831. The van der Waals surface area contributed by atoms with Gasteiger partial charge in [0.2, 0.25) is 5.91 Å². The molecule has 0 atom stereocenters. The normalized spacial score (nSPS) is 15.6. The molecule has 0 aliphatic carbocycles. The maximum atomic E-state index is 11.8. The molecule has 1 aromatic heterocycles. The van der Waals surface area contributed by atoms with Crippen LogP contribution in [0.4, 0.5) is 0 Å². The van der Waals surface area contributed by atoms with Gasteiger partial charge in [-0.25, -0.2) is 4.98 Å². The minimum absolute atomic E-state index is 0.0831. The first-order valence-corrected chi connectivity index (χ1v) is 5.37. The first kappa shape index (κ1) is 10.2. The average molecular weight is 207 g/mol. The van der Waals surface area contributed by atoms with Crippen LogP contribution < -0.4 is 0 Å². The summed E-state index contributed by atoms with van der Waals surface area (Å²) in [5.41, 5.74) is 2.32. The second-order valence-electron chi connectivity index (χ2n) is 4.41. The summed E-state index contributed by atoms with van der Waals surface area (Å²) in [6.45, 7) is 5.41. The Morgan fingerprint density at radius 2 is 2.27 bits per heavy atom. The first-order valence-electron chi connectivity index (χ1n) is 5.37. The van der Waals surface area contributed by atoms with Gasteiger partial charge in [-0.3, -0.25) is 4.79 Å². The summed E-state index contributed by atoms with van der Waals surface area (Å²) in [6, 6.07) is 0. The largest absolute Gasteiger partial charge is 0.336 e. The van der Waals surface area contributed by atoms with Gasteiger partial charge in [0.1, 0.15) is 0 Å². The lowest BCUT2D eigenvalue weighted by atomic mass is 10.1. The standard InChI is InChI=1S/C11H17N3O/c1-8(2)11(15)14-5-4-9-10(6-14)13(3)7-12-9/h7-8H,4-6H2,1-3H3. The predicted molar refractivity (Wildman–Crippen MR) is 57.2 cm³/mol. The summed E-state index contributed by atoms with van der Waals surface area (Å²) in [6.07, 6.45) is 2.71. The van der Waals surface area contributed by atoms with E-state index in [2.05, 4.69) is 4.98 Å². The first-order chi connectivity index (χ1) is 7.09. The summed E-state index contributed by atoms with van der Waals surface area (Å²) >= 11 is 0. The lowest BCUT2D eigenvalue weighted by Crippen LogP contribution is -2.38. The van der Waals surface area contributed by atoms with E-state index in [0.29, 0.717) is 6.54 Å². The van der Waals surface area contributed by atoms with Crippen LogP contribution in [0, 0.1) is 5.92 Å². The van der Waals surface area contributed by atoms with Crippen LogP contribution in [-0.4, -0.2) is 26.9 Å². The zero-order valence-corrected chi connectivity index (χ0v) is 9.53. The topological polar surface area (TPSA) is 38.1 Å². The minimum Gasteiger partial charge on any atom is -0.336 e. The number of fused-ring (bicyclic) bond motifs is 1. The quantitative estimate of drug-likeness (QED) is 0.688. The van der Waals surface area contributed by atoms with Gasteiger partial charge in [0.15, 0.2) is 0 Å². The van der Waals surface area contributed by atoms with Gasteiger partial charge >= 0.3 is 0 Å². The number of rotatable bonds is 1. The fraction of sp³-hybridized carbons (Fsp3) is 0.636. The van der Waals surface area contributed by atoms with Gasteiger partial charge in [-0.2, -0.15) is 0 Å². The Bertz CT molecular complexity index is 381. The number of nitrogens with zero attached hydrogens (tertiary/aromatic N) is 3. The molecular formula is C11H17N3O. The Hall–Kier alpha value is -1.32. The third kappa shape index (κ3) is 1.76. The number of hydrogen-bond donors (Lipinski definition) is 0. The fourth-order valence-corrected chi connectivity index (χ4v) is 1.97. The maximum Gasteiger partial charge on any atom is 0.225 e. The molecule has 4 heteroatoms. The molecule has 0 aromatic carbocycles. The predicted octanol–water partition coefficient (Wildman–Crippen LogP) is 0.961. The van der Waals surface area contributed by atoms with Crippen LogP contribution in [0.2, 0.25) is 0 Å². The SMILES string of the molecule is CC(C)C(=O)N1CCc2ncn(C)c2C1. The number of imidazole rings is 1. The molecule has 2 rings (SSSR count). The zero-order chi connectivity index (χ0) is 11.0. The molecular weight excluding hydrogens is 190 g/mol. The maximum absolute atomic E-state index is 11.8. The van der Waals surface area contributed by atoms with Crippen LogP contribution in [-0.2, 0) is 24.8 Å². The molecule has 2 heterocycles. The van der Waals surface area contributed by atoms with Crippen molar-refractivity contribution in [2.75, 3.05) is 6.54 Å². The van der Waals surface area contributed by atoms with Crippen molar-refractivity contribution in [3.8, 4) is 0 Å². The Balaban J connectivity index is 2.18. The highest BCUT2D eigenvalue weighted by Crippen LogP contribution is 2.18. The molecule has 0 spiro atoms. The molecule has 0 saturated carbocycles. The molecule has 0 unspecified atom stereocenters. The molecule has 0 radical (unpaired) electrons. The molecule has 1 aliphatic rings. The number of carbonyl (C=O) groups excluding carboxylic acids is 1. The number of aryl methyl sites for hydroxylation is 1. The number of amides is 1. The van der Waals surface area contributed by atoms with Crippen LogP contribution in [0.25, 0.3) is 0 Å². The molecule has 0 saturated heterocycles. The van der Waals surface area contributed by atoms with E-state index in [1.165, 1.54) is 5.69 Å². The van der Waals surface area contributed by atoms with E-state index in [1.54, 1.807) is 0 Å². The monoisotopic (exact) mass is 207 g/mol. The van der Waals surface area contributed by atoms with E-state index < -0.39 is 0 Å². The van der Waals surface area contributed by atoms with Crippen molar-refractivity contribution >= 4 is 5.91 Å². The Morgan fingerprint density at radius 1 is 1.53 bits per heavy atom. The third-order valence-electron chi connectivity index (χ3n) is 2.91. The van der Waals surface area contributed by atoms with E-state index in [1.807, 2.05) is 36.7 Å². The zero-order valence-electron chi connectivity index (χ0n) is 9.53. The second-order valence-corrected chi connectivity index (χ2v) is 4.41. The molecule has 15 heavy (non-hydrogen) atoms. The van der Waals surface area contributed by atoms with Gasteiger partial charge in [0.05, 0.1) is 24.3 Å². The Kier molecular flexibility index (Phi) is 2.50. The molecule has 1 aromatic rings. The van der Waals surface area contributed by atoms with Gasteiger partial charge in [0, 0.05) is 25.9 Å². The van der Waals surface area contributed by atoms with E-state index in [-0.39, 0.29) is 11.8 Å². The van der Waals surface area contributed by atoms with Crippen molar-refractivity contribution in [2.24, 2.45) is 13.0 Å². The smallest absolute Gasteiger partial charge is 0.225 e. The lowest BCUT2D eigenvalue weighted by Gasteiger charge is -2.28. The van der Waals surface area contributed by atoms with Crippen LogP contribution in [0.1, 0.15) is 25.2 Å². The number of aromatic nitrogens is 2. The second kappa shape index (κ2) is 3.68. The summed E-state index contributed by atoms with van der Waals surface area (Å²) < 4.78 is 2.01. The van der Waals surface area contributed by atoms with Gasteiger partial charge in [-0.15, -0.1) is 0 Å². The van der Waals surface area contributed by atoms with E-state index in [4.69, 9.17) is 0 Å². The Morgan fingerprint density at radius 3 is 2.93 bits per heavy atom. The van der Waals surface area contributed by atoms with Gasteiger partial charge < -0.3 is 9.47 Å². The number of hydrogen-bond acceptors (Lipinski definition) is 2. The molecule has 0 N–H and O–H groups in total. The van der Waals surface area contributed by atoms with Crippen molar-refractivity contribution in [3.05, 3.63) is 17.7 Å². The van der Waals surface area contributed by atoms with Crippen molar-refractivity contribution in [1.82, 2.24) is 14.5 Å². The molecule has 4 nitrogen and oxygen atoms in total. The highest BCUT2D eigenvalue weighted by atomic mass is 16.2. The van der Waals surface area contributed by atoms with Crippen LogP contribution >= 0.6 is 0 Å². The average Bonchev–Trinajstić information content (AvgIpc) is 2.59. The van der Waals surface area contributed by atoms with Crippen molar-refractivity contribution < 1.29 is 4.79 Å². The molecule has 82 valence electrons. The van der Waals surface area contributed by atoms with Crippen molar-refractivity contribution in [2.45, 2.75) is 26.8 Å². The van der Waals surface area contributed by atoms with Crippen LogP contribution in [0.15, 0.2) is 6.33 Å². The van der Waals surface area contributed by atoms with E-state index in [0.717, 1.165) is 18.7 Å². The van der Waals surface area contributed by atoms with E-state index >= 15 is 0 Å². The van der Waals surface area contributed by atoms with Crippen LogP contribution in [0.3, 0.4) is 0 Å². The fourth-order valence-electron chi connectivity index (χ4n) is 1.97. The molecule has 0 fully saturated rings. The molecule has 1 amide bonds. The van der Waals surface area contributed by atoms with Crippen LogP contribution in [0.5, 0.6) is 0 Å². The van der Waals surface area contributed by atoms with Crippen molar-refractivity contribution in [3.63, 3.8) is 0 Å².